The molecule has 1 aromatic carbocycles. The van der Waals surface area contributed by atoms with Crippen LogP contribution in [0, 0.1) is 12.7 Å². The van der Waals surface area contributed by atoms with E-state index >= 15 is 0 Å². The van der Waals surface area contributed by atoms with Crippen molar-refractivity contribution in [2.24, 2.45) is 7.05 Å². The quantitative estimate of drug-likeness (QED) is 0.693. The summed E-state index contributed by atoms with van der Waals surface area (Å²) in [4.78, 5) is -0.155. The molecule has 0 bridgehead atoms. The first-order valence-electron chi connectivity index (χ1n) is 8.54. The number of nitrogens with zero attached hydrogens (tertiary/aromatic N) is 5. The number of rotatable bonds is 6. The Hall–Kier alpha value is -2.59. The molecule has 1 saturated carbocycles. The molecule has 0 atom stereocenters. The van der Waals surface area contributed by atoms with Gasteiger partial charge in [0.1, 0.15) is 23.2 Å². The van der Waals surface area contributed by atoms with Crippen LogP contribution in [0.25, 0.3) is 5.69 Å². The van der Waals surface area contributed by atoms with Crippen molar-refractivity contribution in [3.63, 3.8) is 0 Å². The number of hydrogen-bond donors (Lipinski definition) is 1. The number of sulfonamides is 1. The first kappa shape index (κ1) is 17.8. The third-order valence-electron chi connectivity index (χ3n) is 4.55. The average Bonchev–Trinajstić information content (AvgIpc) is 3.27. The van der Waals surface area contributed by atoms with Crippen molar-refractivity contribution in [3.8, 4) is 5.69 Å². The summed E-state index contributed by atoms with van der Waals surface area (Å²) < 4.78 is 45.1. The maximum absolute atomic E-state index is 14.4. The van der Waals surface area contributed by atoms with Crippen LogP contribution >= 0.6 is 0 Å². The highest BCUT2D eigenvalue weighted by Gasteiger charge is 2.29. The number of nitrogens with one attached hydrogen (secondary N) is 1. The van der Waals surface area contributed by atoms with Crippen LogP contribution in [0.5, 0.6) is 0 Å². The summed E-state index contributed by atoms with van der Waals surface area (Å²) in [7, 11) is -2.07. The van der Waals surface area contributed by atoms with Gasteiger partial charge in [0.05, 0.1) is 17.6 Å². The normalized spacial score (nSPS) is 14.6. The molecule has 1 aliphatic carbocycles. The molecule has 0 spiro atoms. The van der Waals surface area contributed by atoms with Gasteiger partial charge in [0.2, 0.25) is 10.0 Å². The minimum Gasteiger partial charge on any atom is -0.317 e. The number of halogens is 1. The van der Waals surface area contributed by atoms with Crippen molar-refractivity contribution in [2.75, 3.05) is 0 Å². The Balaban J connectivity index is 1.52. The van der Waals surface area contributed by atoms with E-state index in [1.807, 2.05) is 18.5 Å². The Morgan fingerprint density at radius 3 is 2.70 bits per heavy atom. The summed E-state index contributed by atoms with van der Waals surface area (Å²) >= 11 is 0. The number of hydrogen-bond acceptors (Lipinski definition) is 5. The van der Waals surface area contributed by atoms with Crippen molar-refractivity contribution < 1.29 is 12.8 Å². The van der Waals surface area contributed by atoms with E-state index in [2.05, 4.69) is 20.0 Å². The van der Waals surface area contributed by atoms with Crippen LogP contribution in [0.15, 0.2) is 35.5 Å². The molecule has 3 aromatic rings. The molecule has 1 fully saturated rings. The Bertz CT molecular complexity index is 1100. The van der Waals surface area contributed by atoms with E-state index in [-0.39, 0.29) is 17.1 Å². The fourth-order valence-corrected chi connectivity index (χ4v) is 3.85. The van der Waals surface area contributed by atoms with E-state index < -0.39 is 15.8 Å². The lowest BCUT2D eigenvalue weighted by molar-refractivity contribution is 0.572. The third-order valence-corrected chi connectivity index (χ3v) is 5.95. The van der Waals surface area contributed by atoms with Crippen LogP contribution in [0.2, 0.25) is 0 Å². The maximum Gasteiger partial charge on any atom is 0.241 e. The van der Waals surface area contributed by atoms with Crippen molar-refractivity contribution >= 4 is 10.0 Å². The van der Waals surface area contributed by atoms with Crippen molar-refractivity contribution in [2.45, 2.75) is 37.1 Å². The van der Waals surface area contributed by atoms with Gasteiger partial charge in [-0.15, -0.1) is 10.2 Å². The Morgan fingerprint density at radius 2 is 2.07 bits per heavy atom. The molecule has 1 aliphatic rings. The van der Waals surface area contributed by atoms with Crippen molar-refractivity contribution in [1.82, 2.24) is 29.3 Å². The second-order valence-electron chi connectivity index (χ2n) is 6.71. The van der Waals surface area contributed by atoms with Gasteiger partial charge in [-0.25, -0.2) is 22.2 Å². The monoisotopic (exact) mass is 390 g/mol. The number of aromatic nitrogens is 5. The van der Waals surface area contributed by atoms with Crippen molar-refractivity contribution in [3.05, 3.63) is 53.6 Å². The van der Waals surface area contributed by atoms with Crippen LogP contribution in [-0.2, 0) is 23.6 Å². The van der Waals surface area contributed by atoms with Gasteiger partial charge >= 0.3 is 0 Å². The predicted octanol–water partition coefficient (Wildman–Crippen LogP) is 1.80. The van der Waals surface area contributed by atoms with Crippen LogP contribution in [0.4, 0.5) is 4.39 Å². The minimum atomic E-state index is -3.89. The molecule has 0 unspecified atom stereocenters. The summed E-state index contributed by atoms with van der Waals surface area (Å²) in [6.45, 7) is 1.82. The van der Waals surface area contributed by atoms with E-state index in [0.717, 1.165) is 30.3 Å². The highest BCUT2D eigenvalue weighted by molar-refractivity contribution is 7.89. The van der Waals surface area contributed by atoms with Gasteiger partial charge in [-0.3, -0.25) is 0 Å². The average molecular weight is 390 g/mol. The fourth-order valence-electron chi connectivity index (χ4n) is 2.85. The summed E-state index contributed by atoms with van der Waals surface area (Å²) in [5.74, 6) is 1.13. The maximum atomic E-state index is 14.4. The summed E-state index contributed by atoms with van der Waals surface area (Å²) in [5, 5.41) is 12.2. The third kappa shape index (κ3) is 3.50. The van der Waals surface area contributed by atoms with E-state index in [1.165, 1.54) is 16.8 Å². The first-order valence-corrected chi connectivity index (χ1v) is 10.0. The van der Waals surface area contributed by atoms with E-state index in [0.29, 0.717) is 11.7 Å². The van der Waals surface area contributed by atoms with Crippen LogP contribution in [0.3, 0.4) is 0 Å². The molecular formula is C17H19FN6O2S. The molecular weight excluding hydrogens is 371 g/mol. The second kappa shape index (κ2) is 6.54. The zero-order valence-electron chi connectivity index (χ0n) is 14.9. The highest BCUT2D eigenvalue weighted by Crippen LogP contribution is 2.38. The molecule has 1 N–H and O–H groups in total. The molecule has 10 heteroatoms. The number of aryl methyl sites for hydroxylation is 1. The lowest BCUT2D eigenvalue weighted by Gasteiger charge is -2.09. The zero-order valence-corrected chi connectivity index (χ0v) is 15.7. The standard InChI is InChI=1S/C17H19FN6O2S/c1-11-8-19-24(10-11)15-6-5-13(7-14(15)18)27(25,26)20-9-16-21-22-17(23(16)2)12-3-4-12/h5-8,10,12,20H,3-4,9H2,1-2H3. The fraction of sp³-hybridized carbons (Fsp3) is 0.353. The lowest BCUT2D eigenvalue weighted by Crippen LogP contribution is -2.25. The second-order valence-corrected chi connectivity index (χ2v) is 8.47. The Kier molecular flexibility index (Phi) is 4.31. The van der Waals surface area contributed by atoms with Gasteiger partial charge in [0, 0.05) is 19.2 Å². The van der Waals surface area contributed by atoms with E-state index in [1.54, 1.807) is 12.4 Å². The molecule has 2 heterocycles. The molecule has 0 saturated heterocycles. The predicted molar refractivity (Wildman–Crippen MR) is 95.3 cm³/mol. The Morgan fingerprint density at radius 1 is 1.30 bits per heavy atom. The van der Waals surface area contributed by atoms with E-state index in [9.17, 15) is 12.8 Å². The molecule has 2 aromatic heterocycles. The minimum absolute atomic E-state index is 0.0136. The molecule has 27 heavy (non-hydrogen) atoms. The van der Waals surface area contributed by atoms with Gasteiger partial charge < -0.3 is 4.57 Å². The van der Waals surface area contributed by atoms with Crippen LogP contribution < -0.4 is 4.72 Å². The zero-order chi connectivity index (χ0) is 19.2. The summed E-state index contributed by atoms with van der Waals surface area (Å²) in [5.41, 5.74) is 1.06. The lowest BCUT2D eigenvalue weighted by atomic mass is 10.3. The van der Waals surface area contributed by atoms with Crippen LogP contribution in [-0.4, -0.2) is 33.0 Å². The molecule has 142 valence electrons. The smallest absolute Gasteiger partial charge is 0.241 e. The SMILES string of the molecule is Cc1cnn(-c2ccc(S(=O)(=O)NCc3nnc(C4CC4)n3C)cc2F)c1. The molecule has 0 aliphatic heterocycles. The molecule has 4 rings (SSSR count). The first-order chi connectivity index (χ1) is 12.8. The van der Waals surface area contributed by atoms with Crippen LogP contribution in [0.1, 0.15) is 36.0 Å². The Labute approximate surface area is 156 Å². The molecule has 0 amide bonds. The van der Waals surface area contributed by atoms with Crippen molar-refractivity contribution in [1.29, 1.82) is 0 Å². The summed E-state index contributed by atoms with van der Waals surface area (Å²) in [6, 6.07) is 3.73. The number of benzene rings is 1. The van der Waals surface area contributed by atoms with Gasteiger partial charge in [0.25, 0.3) is 0 Å². The van der Waals surface area contributed by atoms with Gasteiger partial charge in [-0.05, 0) is 43.5 Å². The summed E-state index contributed by atoms with van der Waals surface area (Å²) in [6.07, 6.45) is 5.43. The van der Waals surface area contributed by atoms with Gasteiger partial charge in [-0.1, -0.05) is 0 Å². The van der Waals surface area contributed by atoms with E-state index in [4.69, 9.17) is 0 Å². The topological polar surface area (TPSA) is 94.7 Å². The molecule has 0 radical (unpaired) electrons. The van der Waals surface area contributed by atoms with Gasteiger partial charge in [0.15, 0.2) is 0 Å². The van der Waals surface area contributed by atoms with Gasteiger partial charge in [-0.2, -0.15) is 5.10 Å². The highest BCUT2D eigenvalue weighted by atomic mass is 32.2. The largest absolute Gasteiger partial charge is 0.317 e. The molecule has 8 nitrogen and oxygen atoms in total.